The van der Waals surface area contributed by atoms with Crippen LogP contribution in [0.25, 0.3) is 3.28 Å². The minimum Gasteiger partial charge on any atom is -1.00 e. The average Bonchev–Trinajstić information content (AvgIpc) is 3.12. The maximum absolute atomic E-state index is 6.16. The van der Waals surface area contributed by atoms with Gasteiger partial charge in [0.15, 0.2) is 0 Å². The Labute approximate surface area is 169 Å². The van der Waals surface area contributed by atoms with Gasteiger partial charge in [-0.05, 0) is 0 Å². The Morgan fingerprint density at radius 2 is 2.00 bits per heavy atom. The topological polar surface area (TPSA) is 9.23 Å². The van der Waals surface area contributed by atoms with Gasteiger partial charge in [-0.25, -0.2) is 0 Å². The zero-order chi connectivity index (χ0) is 14.6. The zero-order valence-electron chi connectivity index (χ0n) is 12.8. The molecular formula is C18H15BrCl2OZr. The summed E-state index contributed by atoms with van der Waals surface area (Å²) in [6.07, 6.45) is 8.11. The van der Waals surface area contributed by atoms with E-state index in [0.29, 0.717) is 0 Å². The Morgan fingerprint density at radius 3 is 2.70 bits per heavy atom. The van der Waals surface area contributed by atoms with E-state index in [2.05, 4.69) is 66.2 Å². The summed E-state index contributed by atoms with van der Waals surface area (Å²) in [5.41, 5.74) is 5.61. The summed E-state index contributed by atoms with van der Waals surface area (Å²) in [5.74, 6) is 1.10. The third-order valence-corrected chi connectivity index (χ3v) is 8.51. The third-order valence-electron chi connectivity index (χ3n) is 4.38. The van der Waals surface area contributed by atoms with Crippen LogP contribution in [0.3, 0.4) is 0 Å². The second-order valence-electron chi connectivity index (χ2n) is 5.65. The maximum atomic E-state index is 6.16. The van der Waals surface area contributed by atoms with Crippen LogP contribution in [0.5, 0.6) is 0 Å². The van der Waals surface area contributed by atoms with Crippen molar-refractivity contribution in [2.45, 2.75) is 26.4 Å². The largest absolute Gasteiger partial charge is 1.00 e. The number of allylic oxidation sites excluding steroid dienone is 5. The van der Waals surface area contributed by atoms with E-state index in [4.69, 9.17) is 4.74 Å². The smallest absolute Gasteiger partial charge is 1.00 e. The molecule has 0 saturated heterocycles. The van der Waals surface area contributed by atoms with E-state index in [1.54, 1.807) is 6.56 Å². The summed E-state index contributed by atoms with van der Waals surface area (Å²) in [4.78, 5) is 0. The van der Waals surface area contributed by atoms with Gasteiger partial charge in [0.2, 0.25) is 0 Å². The molecule has 118 valence electrons. The second-order valence-corrected chi connectivity index (χ2v) is 9.99. The quantitative estimate of drug-likeness (QED) is 0.544. The van der Waals surface area contributed by atoms with Crippen molar-refractivity contribution in [3.05, 3.63) is 72.2 Å². The van der Waals surface area contributed by atoms with Crippen LogP contribution >= 0.6 is 15.9 Å². The fourth-order valence-corrected chi connectivity index (χ4v) is 7.31. The van der Waals surface area contributed by atoms with Crippen molar-refractivity contribution in [2.75, 3.05) is 0 Å². The SMILES string of the molecule is CC1=C(C)C2=[C]([Zr+2][C]3=CC=CC3)c3cc(Br)ccc3C2O1.[Cl-].[Cl-]. The minimum atomic E-state index is -0.746. The van der Waals surface area contributed by atoms with Crippen LogP contribution in [-0.2, 0) is 28.0 Å². The number of benzene rings is 1. The number of rotatable bonds is 2. The first kappa shape index (κ1) is 19.3. The summed E-state index contributed by atoms with van der Waals surface area (Å²) in [5, 5.41) is 0. The van der Waals surface area contributed by atoms with Crippen molar-refractivity contribution in [2.24, 2.45) is 0 Å². The second kappa shape index (κ2) is 7.44. The summed E-state index contributed by atoms with van der Waals surface area (Å²) < 4.78 is 10.6. The molecule has 0 fully saturated rings. The van der Waals surface area contributed by atoms with Crippen molar-refractivity contribution in [3.63, 3.8) is 0 Å². The van der Waals surface area contributed by atoms with E-state index >= 15 is 0 Å². The van der Waals surface area contributed by atoms with E-state index in [-0.39, 0.29) is 30.9 Å². The van der Waals surface area contributed by atoms with Crippen LogP contribution in [-0.4, -0.2) is 0 Å². The molecule has 2 aliphatic carbocycles. The van der Waals surface area contributed by atoms with Crippen molar-refractivity contribution < 1.29 is 52.8 Å². The van der Waals surface area contributed by atoms with Gasteiger partial charge in [0.1, 0.15) is 0 Å². The first-order valence-corrected chi connectivity index (χ1v) is 10.4. The number of halogens is 3. The molecule has 1 aromatic rings. The van der Waals surface area contributed by atoms with E-state index < -0.39 is 23.2 Å². The molecule has 0 N–H and O–H groups in total. The molecule has 0 saturated carbocycles. The van der Waals surface area contributed by atoms with Gasteiger partial charge in [-0.3, -0.25) is 0 Å². The van der Waals surface area contributed by atoms with Crippen molar-refractivity contribution in [3.8, 4) is 0 Å². The summed E-state index contributed by atoms with van der Waals surface area (Å²) in [6.45, 7) is 4.31. The van der Waals surface area contributed by atoms with Crippen LogP contribution in [0, 0.1) is 0 Å². The van der Waals surface area contributed by atoms with Crippen molar-refractivity contribution in [1.82, 2.24) is 0 Å². The molecule has 0 radical (unpaired) electrons. The Bertz CT molecular complexity index is 777. The normalized spacial score (nSPS) is 20.3. The van der Waals surface area contributed by atoms with Crippen LogP contribution in [0.4, 0.5) is 0 Å². The minimum absolute atomic E-state index is 0. The molecule has 1 aliphatic heterocycles. The van der Waals surface area contributed by atoms with Crippen LogP contribution in [0.15, 0.2) is 61.1 Å². The number of fused-ring (bicyclic) bond motifs is 3. The monoisotopic (exact) mass is 486 g/mol. The number of ether oxygens (including phenoxy) is 1. The van der Waals surface area contributed by atoms with Gasteiger partial charge in [-0.2, -0.15) is 0 Å². The molecule has 4 rings (SSSR count). The molecule has 5 heteroatoms. The van der Waals surface area contributed by atoms with E-state index in [1.165, 1.54) is 22.3 Å². The average molecular weight is 489 g/mol. The van der Waals surface area contributed by atoms with E-state index in [9.17, 15) is 0 Å². The van der Waals surface area contributed by atoms with Gasteiger partial charge in [0.05, 0.1) is 0 Å². The van der Waals surface area contributed by atoms with Gasteiger partial charge in [0.25, 0.3) is 0 Å². The molecule has 0 amide bonds. The number of hydrogen-bond donors (Lipinski definition) is 0. The summed E-state index contributed by atoms with van der Waals surface area (Å²) in [7, 11) is 0. The Hall–Kier alpha value is -0.0769. The Kier molecular flexibility index (Phi) is 6.22. The molecule has 1 unspecified atom stereocenters. The Balaban J connectivity index is 0.000000960. The maximum Gasteiger partial charge on any atom is -1.00 e. The Morgan fingerprint density at radius 1 is 1.22 bits per heavy atom. The molecule has 23 heavy (non-hydrogen) atoms. The third kappa shape index (κ3) is 3.23. The summed E-state index contributed by atoms with van der Waals surface area (Å²) >= 11 is 2.88. The van der Waals surface area contributed by atoms with Crippen molar-refractivity contribution in [1.29, 1.82) is 0 Å². The van der Waals surface area contributed by atoms with Gasteiger partial charge in [-0.1, -0.05) is 0 Å². The predicted octanol–water partition coefficient (Wildman–Crippen LogP) is -0.527. The van der Waals surface area contributed by atoms with Crippen molar-refractivity contribution >= 4 is 19.2 Å². The fraction of sp³-hybridized carbons (Fsp3) is 0.222. The molecule has 1 heterocycles. The van der Waals surface area contributed by atoms with Gasteiger partial charge < -0.3 is 24.8 Å². The zero-order valence-corrected chi connectivity index (χ0v) is 18.3. The molecule has 0 spiro atoms. The fourth-order valence-electron chi connectivity index (χ4n) is 3.20. The molecule has 0 aromatic heterocycles. The van der Waals surface area contributed by atoms with Crippen LogP contribution < -0.4 is 24.8 Å². The van der Waals surface area contributed by atoms with Crippen LogP contribution in [0.2, 0.25) is 0 Å². The van der Waals surface area contributed by atoms with Gasteiger partial charge in [-0.15, -0.1) is 0 Å². The molecule has 0 bridgehead atoms. The molecule has 1 nitrogen and oxygen atoms in total. The first-order valence-electron chi connectivity index (χ1n) is 7.16. The molecular weight excluding hydrogens is 474 g/mol. The van der Waals surface area contributed by atoms with Gasteiger partial charge in [0, 0.05) is 0 Å². The van der Waals surface area contributed by atoms with Gasteiger partial charge >= 0.3 is 146 Å². The molecule has 1 atom stereocenters. The standard InChI is InChI=1S/C13H10BrO.C5H5.2ClH.Zr/c1-7-8(2)15-13-11-4-3-10(14)5-9(11)6-12(7)13;1-2-4-5-3-1;;;/h3-5,13H,1-2H3;1-3H,4H2;2*1H;/q;;;;+2/p-2. The molecule has 1 aromatic carbocycles. The summed E-state index contributed by atoms with van der Waals surface area (Å²) in [6, 6.07) is 6.64. The van der Waals surface area contributed by atoms with Crippen LogP contribution in [0.1, 0.15) is 37.5 Å². The molecule has 3 aliphatic rings. The first-order chi connectivity index (χ1) is 10.1. The van der Waals surface area contributed by atoms with E-state index in [0.717, 1.165) is 16.7 Å². The predicted molar refractivity (Wildman–Crippen MR) is 85.1 cm³/mol. The van der Waals surface area contributed by atoms with E-state index in [1.807, 2.05) is 0 Å². The number of hydrogen-bond acceptors (Lipinski definition) is 1.